The van der Waals surface area contributed by atoms with Gasteiger partial charge in [-0.25, -0.2) is 4.79 Å². The smallest absolute Gasteiger partial charge is 0.356 e. The summed E-state index contributed by atoms with van der Waals surface area (Å²) < 4.78 is 5.44. The van der Waals surface area contributed by atoms with Crippen molar-refractivity contribution in [1.29, 1.82) is 0 Å². The number of carbonyl (C=O) groups is 3. The highest BCUT2D eigenvalue weighted by Gasteiger charge is 2.60. The van der Waals surface area contributed by atoms with Gasteiger partial charge in [-0.3, -0.25) is 19.7 Å². The number of non-ortho nitro benzene ring substituents is 1. The predicted molar refractivity (Wildman–Crippen MR) is 114 cm³/mol. The Morgan fingerprint density at radius 1 is 1.38 bits per heavy atom. The van der Waals surface area contributed by atoms with Crippen molar-refractivity contribution < 1.29 is 29.2 Å². The SMILES string of the molecule is C[C@@H](O)[C@H]1C(=O)N2C(C(=O)OCc3ccc([N+](=O)[O-])cc3)=C(SC3CCNC3=O)[C@H](C)[C@H]12. The van der Waals surface area contributed by atoms with Gasteiger partial charge in [0.25, 0.3) is 5.69 Å². The summed E-state index contributed by atoms with van der Waals surface area (Å²) in [5.74, 6) is -1.99. The quantitative estimate of drug-likeness (QED) is 0.268. The molecule has 10 nitrogen and oxygen atoms in total. The molecule has 2 saturated heterocycles. The molecule has 0 aromatic heterocycles. The number of esters is 1. The van der Waals surface area contributed by atoms with Gasteiger partial charge >= 0.3 is 5.97 Å². The van der Waals surface area contributed by atoms with Gasteiger partial charge in [0.2, 0.25) is 11.8 Å². The lowest BCUT2D eigenvalue weighted by molar-refractivity contribution is -0.384. The molecular weight excluding hydrogens is 438 g/mol. The van der Waals surface area contributed by atoms with Crippen molar-refractivity contribution in [3.05, 3.63) is 50.5 Å². The summed E-state index contributed by atoms with van der Waals surface area (Å²) in [4.78, 5) is 50.2. The minimum atomic E-state index is -0.859. The van der Waals surface area contributed by atoms with Gasteiger partial charge in [0, 0.05) is 29.5 Å². The Hall–Kier alpha value is -2.92. The number of rotatable bonds is 7. The fraction of sp³-hybridized carbons (Fsp3) is 0.476. The number of carbonyl (C=O) groups excluding carboxylic acids is 3. The lowest BCUT2D eigenvalue weighted by Crippen LogP contribution is -2.63. The molecule has 2 fully saturated rings. The van der Waals surface area contributed by atoms with Crippen molar-refractivity contribution in [1.82, 2.24) is 10.2 Å². The van der Waals surface area contributed by atoms with Crippen LogP contribution in [0.15, 0.2) is 34.9 Å². The zero-order valence-electron chi connectivity index (χ0n) is 17.5. The van der Waals surface area contributed by atoms with E-state index in [0.29, 0.717) is 23.4 Å². The van der Waals surface area contributed by atoms with Gasteiger partial charge in [-0.15, -0.1) is 11.8 Å². The second kappa shape index (κ2) is 8.55. The minimum Gasteiger partial charge on any atom is -0.456 e. The highest BCUT2D eigenvalue weighted by molar-refractivity contribution is 8.04. The molecule has 1 aromatic rings. The number of nitro benzene ring substituents is 1. The highest BCUT2D eigenvalue weighted by Crippen LogP contribution is 2.52. The predicted octanol–water partition coefficient (Wildman–Crippen LogP) is 1.33. The van der Waals surface area contributed by atoms with Crippen LogP contribution < -0.4 is 5.32 Å². The number of aliphatic hydroxyl groups excluding tert-OH is 1. The zero-order valence-corrected chi connectivity index (χ0v) is 18.3. The van der Waals surface area contributed by atoms with Crippen LogP contribution in [0.3, 0.4) is 0 Å². The van der Waals surface area contributed by atoms with E-state index in [9.17, 15) is 29.6 Å². The summed E-state index contributed by atoms with van der Waals surface area (Å²) in [6.45, 7) is 3.86. The van der Waals surface area contributed by atoms with Crippen LogP contribution in [0.2, 0.25) is 0 Å². The van der Waals surface area contributed by atoms with Crippen molar-refractivity contribution in [2.75, 3.05) is 6.54 Å². The van der Waals surface area contributed by atoms with Crippen LogP contribution in [-0.4, -0.2) is 56.7 Å². The largest absolute Gasteiger partial charge is 0.456 e. The Labute approximate surface area is 188 Å². The van der Waals surface area contributed by atoms with Crippen LogP contribution in [0, 0.1) is 22.0 Å². The van der Waals surface area contributed by atoms with Gasteiger partial charge in [0.1, 0.15) is 12.3 Å². The van der Waals surface area contributed by atoms with Gasteiger partial charge in [-0.2, -0.15) is 0 Å². The molecule has 0 aliphatic carbocycles. The van der Waals surface area contributed by atoms with Crippen LogP contribution in [0.5, 0.6) is 0 Å². The maximum Gasteiger partial charge on any atom is 0.356 e. The topological polar surface area (TPSA) is 139 Å². The second-order valence-corrected chi connectivity index (χ2v) is 9.40. The van der Waals surface area contributed by atoms with Crippen LogP contribution >= 0.6 is 11.8 Å². The number of fused-ring (bicyclic) bond motifs is 1. The van der Waals surface area contributed by atoms with Gasteiger partial charge < -0.3 is 20.1 Å². The molecule has 11 heteroatoms. The highest BCUT2D eigenvalue weighted by atomic mass is 32.2. The average molecular weight is 461 g/mol. The van der Waals surface area contributed by atoms with Crippen molar-refractivity contribution in [2.24, 2.45) is 11.8 Å². The molecular formula is C21H23N3O7S. The maximum absolute atomic E-state index is 13.1. The fourth-order valence-electron chi connectivity index (χ4n) is 4.44. The second-order valence-electron chi connectivity index (χ2n) is 8.15. The lowest BCUT2D eigenvalue weighted by atomic mass is 9.79. The molecule has 32 heavy (non-hydrogen) atoms. The third-order valence-electron chi connectivity index (χ3n) is 6.09. The van der Waals surface area contributed by atoms with Crippen molar-refractivity contribution in [2.45, 2.75) is 44.3 Å². The molecule has 1 unspecified atom stereocenters. The van der Waals surface area contributed by atoms with E-state index in [1.807, 2.05) is 6.92 Å². The number of aliphatic hydroxyl groups is 1. The normalized spacial score (nSPS) is 27.7. The van der Waals surface area contributed by atoms with Crippen molar-refractivity contribution >= 4 is 35.2 Å². The Morgan fingerprint density at radius 3 is 2.62 bits per heavy atom. The molecule has 2 amide bonds. The number of hydrogen-bond acceptors (Lipinski definition) is 8. The Kier molecular flexibility index (Phi) is 5.95. The Bertz CT molecular complexity index is 1010. The zero-order chi connectivity index (χ0) is 23.2. The van der Waals surface area contributed by atoms with Crippen molar-refractivity contribution in [3.8, 4) is 0 Å². The summed E-state index contributed by atoms with van der Waals surface area (Å²) in [6, 6.07) is 5.27. The summed E-state index contributed by atoms with van der Waals surface area (Å²) in [5.41, 5.74) is 0.614. The van der Waals surface area contributed by atoms with Crippen LogP contribution in [-0.2, 0) is 25.7 Å². The van der Waals surface area contributed by atoms with Gasteiger partial charge in [-0.1, -0.05) is 6.92 Å². The standard InChI is InChI=1S/C21H23N3O7S/c1-10-16-15(11(2)25)20(27)23(16)17(18(10)32-14-7-8-22-19(14)26)21(28)31-9-12-3-5-13(6-4-12)24(29)30/h3-6,10-11,14-16,25H,7-9H2,1-2H3,(H,22,26)/t10-,11-,14?,15-,16-/m1/s1. The molecule has 0 bridgehead atoms. The number of nitro groups is 1. The molecule has 1 aromatic carbocycles. The van der Waals surface area contributed by atoms with E-state index >= 15 is 0 Å². The first kappa shape index (κ1) is 22.3. The number of amides is 2. The van der Waals surface area contributed by atoms with E-state index in [2.05, 4.69) is 5.32 Å². The molecule has 3 aliphatic rings. The summed E-state index contributed by atoms with van der Waals surface area (Å²) in [5, 5.41) is 23.3. The first-order valence-corrected chi connectivity index (χ1v) is 11.2. The molecule has 5 atom stereocenters. The third kappa shape index (κ3) is 3.75. The molecule has 170 valence electrons. The van der Waals surface area contributed by atoms with E-state index < -0.39 is 22.9 Å². The third-order valence-corrected chi connectivity index (χ3v) is 7.64. The van der Waals surface area contributed by atoms with Gasteiger partial charge in [0.15, 0.2) is 0 Å². The number of benzene rings is 1. The van der Waals surface area contributed by atoms with E-state index in [0.717, 1.165) is 0 Å². The van der Waals surface area contributed by atoms with Crippen LogP contribution in [0.25, 0.3) is 0 Å². The molecule has 0 spiro atoms. The van der Waals surface area contributed by atoms with E-state index in [-0.39, 0.29) is 47.0 Å². The number of ether oxygens (including phenoxy) is 1. The van der Waals surface area contributed by atoms with Crippen LogP contribution in [0.1, 0.15) is 25.8 Å². The van der Waals surface area contributed by atoms with E-state index in [1.165, 1.54) is 40.9 Å². The number of β-lactam (4-membered cyclic amide) rings is 1. The number of nitrogens with zero attached hydrogens (tertiary/aromatic N) is 2. The van der Waals surface area contributed by atoms with Gasteiger partial charge in [-0.05, 0) is 31.0 Å². The van der Waals surface area contributed by atoms with Crippen LogP contribution in [0.4, 0.5) is 5.69 Å². The number of nitrogens with one attached hydrogen (secondary N) is 1. The molecule has 0 radical (unpaired) electrons. The number of hydrogen-bond donors (Lipinski definition) is 2. The lowest BCUT2D eigenvalue weighted by Gasteiger charge is -2.46. The summed E-state index contributed by atoms with van der Waals surface area (Å²) in [6.07, 6.45) is -0.244. The fourth-order valence-corrected chi connectivity index (χ4v) is 5.82. The van der Waals surface area contributed by atoms with Gasteiger partial charge in [0.05, 0.1) is 28.2 Å². The van der Waals surface area contributed by atoms with E-state index in [1.54, 1.807) is 6.92 Å². The average Bonchev–Trinajstić information content (AvgIpc) is 3.26. The number of thioether (sulfide) groups is 1. The van der Waals surface area contributed by atoms with Crippen molar-refractivity contribution in [3.63, 3.8) is 0 Å². The first-order chi connectivity index (χ1) is 15.2. The summed E-state index contributed by atoms with van der Waals surface area (Å²) >= 11 is 1.27. The molecule has 2 N–H and O–H groups in total. The summed E-state index contributed by atoms with van der Waals surface area (Å²) in [7, 11) is 0. The molecule has 3 aliphatic heterocycles. The minimum absolute atomic E-state index is 0.0703. The molecule has 4 rings (SSSR count). The van der Waals surface area contributed by atoms with E-state index in [4.69, 9.17) is 4.74 Å². The maximum atomic E-state index is 13.1. The monoisotopic (exact) mass is 461 g/mol. The first-order valence-electron chi connectivity index (χ1n) is 10.3. The molecule has 3 heterocycles. The Balaban J connectivity index is 1.56. The molecule has 0 saturated carbocycles. The Morgan fingerprint density at radius 2 is 2.06 bits per heavy atom.